The van der Waals surface area contributed by atoms with Gasteiger partial charge in [0.05, 0.1) is 23.4 Å². The van der Waals surface area contributed by atoms with E-state index in [-0.39, 0.29) is 0 Å². The van der Waals surface area contributed by atoms with E-state index in [1.807, 2.05) is 79.7 Å². The SMILES string of the molecule is COC(=O)c1ccccc1-c1c2ccc(N(C)C)cc2oc2c1ccc1cccc(=N)c12. The Balaban J connectivity index is 2.02. The number of nitrogens with zero attached hydrogens (tertiary/aromatic N) is 1. The highest BCUT2D eigenvalue weighted by Gasteiger charge is 2.20. The van der Waals surface area contributed by atoms with Crippen LogP contribution in [0, 0.1) is 5.41 Å². The smallest absolute Gasteiger partial charge is 0.338 e. The number of benzene rings is 4. The molecule has 0 saturated heterocycles. The number of anilines is 1. The standard InChI is InChI=1S/C27H22N2O3/c1-29(2)17-12-14-20-23(15-17)32-26-21(13-11-16-7-6-10-22(28)24(16)26)25(20)18-8-4-5-9-19(18)27(30)31-3/h4-15,28H,1-3H3. The second-order valence-electron chi connectivity index (χ2n) is 7.94. The third-order valence-corrected chi connectivity index (χ3v) is 5.83. The normalized spacial score (nSPS) is 11.2. The Morgan fingerprint density at radius 1 is 0.938 bits per heavy atom. The molecule has 0 unspecified atom stereocenters. The fraction of sp³-hybridized carbons (Fsp3) is 0.111. The van der Waals surface area contributed by atoms with Gasteiger partial charge in [0.2, 0.25) is 0 Å². The Morgan fingerprint density at radius 3 is 2.50 bits per heavy atom. The number of hydrogen-bond acceptors (Lipinski definition) is 5. The molecule has 0 bridgehead atoms. The van der Waals surface area contributed by atoms with Crippen molar-refractivity contribution < 1.29 is 13.9 Å². The van der Waals surface area contributed by atoms with E-state index < -0.39 is 5.97 Å². The summed E-state index contributed by atoms with van der Waals surface area (Å²) >= 11 is 0. The first-order valence-corrected chi connectivity index (χ1v) is 10.3. The zero-order valence-corrected chi connectivity index (χ0v) is 18.1. The van der Waals surface area contributed by atoms with E-state index >= 15 is 0 Å². The molecular formula is C27H22N2O3. The number of carbonyl (C=O) groups excluding carboxylic acids is 1. The number of esters is 1. The topological polar surface area (TPSA) is 66.5 Å². The van der Waals surface area contributed by atoms with Crippen LogP contribution in [0.4, 0.5) is 5.69 Å². The van der Waals surface area contributed by atoms with Crippen molar-refractivity contribution in [2.24, 2.45) is 0 Å². The molecule has 0 aliphatic rings. The molecular weight excluding hydrogens is 400 g/mol. The molecule has 0 spiro atoms. The molecule has 5 heteroatoms. The summed E-state index contributed by atoms with van der Waals surface area (Å²) in [4.78, 5) is 14.6. The molecule has 0 radical (unpaired) electrons. The number of hydrogen-bond donors (Lipinski definition) is 1. The van der Waals surface area contributed by atoms with Gasteiger partial charge in [0, 0.05) is 42.2 Å². The van der Waals surface area contributed by atoms with Crippen molar-refractivity contribution in [3.05, 3.63) is 83.7 Å². The van der Waals surface area contributed by atoms with Gasteiger partial charge in [-0.1, -0.05) is 36.4 Å². The molecule has 0 aliphatic heterocycles. The van der Waals surface area contributed by atoms with Crippen LogP contribution >= 0.6 is 0 Å². The number of carbonyl (C=O) groups is 1. The van der Waals surface area contributed by atoms with Gasteiger partial charge in [0.15, 0.2) is 0 Å². The summed E-state index contributed by atoms with van der Waals surface area (Å²) in [5, 5.41) is 12.4. The van der Waals surface area contributed by atoms with E-state index in [4.69, 9.17) is 14.6 Å². The van der Waals surface area contributed by atoms with E-state index in [1.54, 1.807) is 12.1 Å². The van der Waals surface area contributed by atoms with E-state index in [9.17, 15) is 4.79 Å². The van der Waals surface area contributed by atoms with Crippen molar-refractivity contribution in [3.8, 4) is 11.1 Å². The Labute approximate surface area is 185 Å². The zero-order valence-electron chi connectivity index (χ0n) is 18.1. The van der Waals surface area contributed by atoms with Crippen LogP contribution in [0.25, 0.3) is 43.8 Å². The third-order valence-electron chi connectivity index (χ3n) is 5.83. The highest BCUT2D eigenvalue weighted by molar-refractivity contribution is 6.17. The van der Waals surface area contributed by atoms with Crippen LogP contribution in [0.2, 0.25) is 0 Å². The van der Waals surface area contributed by atoms with Gasteiger partial charge in [0.1, 0.15) is 11.2 Å². The molecule has 0 atom stereocenters. The fourth-order valence-corrected chi connectivity index (χ4v) is 4.26. The van der Waals surface area contributed by atoms with Gasteiger partial charge in [-0.3, -0.25) is 0 Å². The van der Waals surface area contributed by atoms with Gasteiger partial charge in [-0.2, -0.15) is 0 Å². The fourth-order valence-electron chi connectivity index (χ4n) is 4.26. The largest absolute Gasteiger partial charge is 0.465 e. The van der Waals surface area contributed by atoms with Gasteiger partial charge in [-0.05, 0) is 41.3 Å². The van der Waals surface area contributed by atoms with Crippen molar-refractivity contribution in [2.75, 3.05) is 26.1 Å². The van der Waals surface area contributed by atoms with Gasteiger partial charge in [0.25, 0.3) is 0 Å². The first-order valence-electron chi connectivity index (χ1n) is 10.3. The first kappa shape index (κ1) is 19.8. The predicted octanol–water partition coefficient (Wildman–Crippen LogP) is 5.74. The van der Waals surface area contributed by atoms with E-state index in [2.05, 4.69) is 0 Å². The second kappa shape index (κ2) is 7.54. The third kappa shape index (κ3) is 3.02. The maximum absolute atomic E-state index is 12.6. The van der Waals surface area contributed by atoms with E-state index in [0.29, 0.717) is 22.1 Å². The molecule has 4 aromatic carbocycles. The molecule has 1 N–H and O–H groups in total. The van der Waals surface area contributed by atoms with Crippen molar-refractivity contribution >= 4 is 44.4 Å². The average Bonchev–Trinajstić information content (AvgIpc) is 2.81. The van der Waals surface area contributed by atoms with Crippen LogP contribution in [-0.4, -0.2) is 27.2 Å². The van der Waals surface area contributed by atoms with E-state index in [1.165, 1.54) is 7.11 Å². The summed E-state index contributed by atoms with van der Waals surface area (Å²) in [6.07, 6.45) is 0. The number of ether oxygens (including phenoxy) is 1. The lowest BCUT2D eigenvalue weighted by Crippen LogP contribution is -2.08. The van der Waals surface area contributed by atoms with Crippen molar-refractivity contribution in [3.63, 3.8) is 0 Å². The number of rotatable bonds is 3. The van der Waals surface area contributed by atoms with Crippen LogP contribution in [0.15, 0.2) is 77.2 Å². The molecule has 5 rings (SSSR count). The van der Waals surface area contributed by atoms with Crippen LogP contribution < -0.4 is 10.3 Å². The number of nitrogens with one attached hydrogen (secondary N) is 1. The lowest BCUT2D eigenvalue weighted by Gasteiger charge is -2.17. The molecule has 0 aliphatic carbocycles. The first-order chi connectivity index (χ1) is 15.5. The van der Waals surface area contributed by atoms with Gasteiger partial charge < -0.3 is 19.5 Å². The van der Waals surface area contributed by atoms with Gasteiger partial charge in [-0.15, -0.1) is 0 Å². The molecule has 0 amide bonds. The Bertz CT molecular complexity index is 1580. The monoisotopic (exact) mass is 422 g/mol. The maximum Gasteiger partial charge on any atom is 0.338 e. The zero-order chi connectivity index (χ0) is 22.4. The molecule has 0 fully saturated rings. The Hall–Kier alpha value is -4.12. The highest BCUT2D eigenvalue weighted by atomic mass is 16.5. The van der Waals surface area contributed by atoms with Crippen molar-refractivity contribution in [2.45, 2.75) is 0 Å². The summed E-state index contributed by atoms with van der Waals surface area (Å²) in [6.45, 7) is 0. The van der Waals surface area contributed by atoms with Crippen LogP contribution in [0.3, 0.4) is 0 Å². The molecule has 1 heterocycles. The minimum Gasteiger partial charge on any atom is -0.465 e. The summed E-state index contributed by atoms with van der Waals surface area (Å²) < 4.78 is 11.5. The minimum absolute atomic E-state index is 0.394. The molecule has 32 heavy (non-hydrogen) atoms. The van der Waals surface area contributed by atoms with Crippen LogP contribution in [0.5, 0.6) is 0 Å². The summed E-state index contributed by atoms with van der Waals surface area (Å²) in [5.74, 6) is -0.394. The van der Waals surface area contributed by atoms with Crippen molar-refractivity contribution in [1.29, 1.82) is 5.41 Å². The van der Waals surface area contributed by atoms with Crippen molar-refractivity contribution in [1.82, 2.24) is 0 Å². The number of fused-ring (bicyclic) bond motifs is 4. The molecule has 5 nitrogen and oxygen atoms in total. The molecule has 5 aromatic rings. The van der Waals surface area contributed by atoms with Crippen LogP contribution in [-0.2, 0) is 4.74 Å². The van der Waals surface area contributed by atoms with Gasteiger partial charge >= 0.3 is 5.97 Å². The molecule has 158 valence electrons. The maximum atomic E-state index is 12.6. The van der Waals surface area contributed by atoms with Crippen LogP contribution in [0.1, 0.15) is 10.4 Å². The number of methoxy groups -OCH3 is 1. The molecule has 0 saturated carbocycles. The lowest BCUT2D eigenvalue weighted by molar-refractivity contribution is 0.0601. The minimum atomic E-state index is -0.394. The van der Waals surface area contributed by atoms with E-state index in [0.717, 1.165) is 38.4 Å². The second-order valence-corrected chi connectivity index (χ2v) is 7.94. The average molecular weight is 422 g/mol. The Kier molecular flexibility index (Phi) is 4.67. The summed E-state index contributed by atoms with van der Waals surface area (Å²) in [6, 6.07) is 23.1. The highest BCUT2D eigenvalue weighted by Crippen LogP contribution is 2.40. The quantitative estimate of drug-likeness (QED) is 0.229. The summed E-state index contributed by atoms with van der Waals surface area (Å²) in [5.41, 5.74) is 4.46. The molecule has 1 aromatic heterocycles. The van der Waals surface area contributed by atoms with Gasteiger partial charge in [-0.25, -0.2) is 4.79 Å². The predicted molar refractivity (Wildman–Crippen MR) is 128 cm³/mol. The Morgan fingerprint density at radius 2 is 1.72 bits per heavy atom. The lowest BCUT2D eigenvalue weighted by atomic mass is 9.92. The summed E-state index contributed by atoms with van der Waals surface area (Å²) in [7, 11) is 5.35.